The van der Waals surface area contributed by atoms with Crippen LogP contribution in [-0.2, 0) is 0 Å². The molecule has 0 aliphatic carbocycles. The number of benzene rings is 2. The molecule has 0 fully saturated rings. The fraction of sp³-hybridized carbons (Fsp3) is 0.208. The van der Waals surface area contributed by atoms with Crippen LogP contribution in [-0.4, -0.2) is 33.5 Å². The summed E-state index contributed by atoms with van der Waals surface area (Å²) >= 11 is 1.47. The van der Waals surface area contributed by atoms with Gasteiger partial charge in [-0.15, -0.1) is 0 Å². The van der Waals surface area contributed by atoms with E-state index >= 15 is 0 Å². The summed E-state index contributed by atoms with van der Waals surface area (Å²) in [6.07, 6.45) is 1.69. The van der Waals surface area contributed by atoms with Crippen LogP contribution in [0.15, 0.2) is 76.8 Å². The van der Waals surface area contributed by atoms with Crippen LogP contribution in [0.5, 0.6) is 11.5 Å². The maximum Gasteiger partial charge on any atom is 0.267 e. The molecule has 0 aliphatic heterocycles. The normalized spacial score (nSPS) is 10.9. The number of ether oxygens (including phenoxy) is 2. The third-order valence-corrected chi connectivity index (χ3v) is 5.56. The molecule has 158 valence electrons. The van der Waals surface area contributed by atoms with Crippen LogP contribution < -0.4 is 15.0 Å². The molecule has 4 aromatic rings. The van der Waals surface area contributed by atoms with Crippen LogP contribution in [0.25, 0.3) is 16.7 Å². The fourth-order valence-corrected chi connectivity index (χ4v) is 4.01. The van der Waals surface area contributed by atoms with Crippen molar-refractivity contribution in [3.63, 3.8) is 0 Å². The van der Waals surface area contributed by atoms with E-state index in [4.69, 9.17) is 14.5 Å². The van der Waals surface area contributed by atoms with Crippen molar-refractivity contribution < 1.29 is 9.47 Å². The van der Waals surface area contributed by atoms with Gasteiger partial charge in [-0.25, -0.2) is 14.5 Å². The Kier molecular flexibility index (Phi) is 6.52. The Balaban J connectivity index is 1.56. The molecule has 6 nitrogen and oxygen atoms in total. The second-order valence-corrected chi connectivity index (χ2v) is 7.86. The summed E-state index contributed by atoms with van der Waals surface area (Å²) in [4.78, 5) is 22.5. The SMILES string of the molecule is CCOc1ccc(OCCSc2nc3ccccc3c(=O)n2-c2ncccc2C)cc1. The summed E-state index contributed by atoms with van der Waals surface area (Å²) in [6.45, 7) is 5.00. The van der Waals surface area contributed by atoms with Gasteiger partial charge in [0.15, 0.2) is 5.16 Å². The largest absolute Gasteiger partial charge is 0.494 e. The molecule has 0 amide bonds. The number of aryl methyl sites for hydroxylation is 1. The Bertz CT molecular complexity index is 1240. The molecule has 0 radical (unpaired) electrons. The maximum atomic E-state index is 13.3. The lowest BCUT2D eigenvalue weighted by Gasteiger charge is -2.14. The molecule has 31 heavy (non-hydrogen) atoms. The predicted molar refractivity (Wildman–Crippen MR) is 124 cm³/mol. The van der Waals surface area contributed by atoms with Gasteiger partial charge in [-0.2, -0.15) is 0 Å². The zero-order chi connectivity index (χ0) is 21.6. The van der Waals surface area contributed by atoms with E-state index in [0.29, 0.717) is 40.8 Å². The summed E-state index contributed by atoms with van der Waals surface area (Å²) in [5, 5.41) is 1.17. The first-order chi connectivity index (χ1) is 15.2. The molecular weight excluding hydrogens is 410 g/mol. The van der Waals surface area contributed by atoms with E-state index < -0.39 is 0 Å². The van der Waals surface area contributed by atoms with Crippen molar-refractivity contribution in [1.82, 2.24) is 14.5 Å². The Morgan fingerprint density at radius 1 is 0.968 bits per heavy atom. The number of thioether (sulfide) groups is 1. The van der Waals surface area contributed by atoms with Crippen molar-refractivity contribution in [3.05, 3.63) is 82.8 Å². The smallest absolute Gasteiger partial charge is 0.267 e. The van der Waals surface area contributed by atoms with Crippen LogP contribution in [0.4, 0.5) is 0 Å². The number of para-hydroxylation sites is 1. The molecule has 0 atom stereocenters. The first-order valence-corrected chi connectivity index (χ1v) is 11.1. The molecule has 2 aromatic heterocycles. The van der Waals surface area contributed by atoms with E-state index in [1.807, 2.05) is 68.4 Å². The Morgan fingerprint density at radius 2 is 1.71 bits per heavy atom. The van der Waals surface area contributed by atoms with E-state index in [9.17, 15) is 4.79 Å². The number of rotatable bonds is 8. The zero-order valence-corrected chi connectivity index (χ0v) is 18.3. The highest BCUT2D eigenvalue weighted by Gasteiger charge is 2.15. The molecule has 0 saturated carbocycles. The van der Waals surface area contributed by atoms with E-state index in [1.54, 1.807) is 16.8 Å². The van der Waals surface area contributed by atoms with Gasteiger partial charge in [-0.1, -0.05) is 30.0 Å². The maximum absolute atomic E-state index is 13.3. The molecule has 0 unspecified atom stereocenters. The average Bonchev–Trinajstić information content (AvgIpc) is 2.79. The molecule has 0 N–H and O–H groups in total. The van der Waals surface area contributed by atoms with Crippen molar-refractivity contribution in [2.45, 2.75) is 19.0 Å². The van der Waals surface area contributed by atoms with Crippen molar-refractivity contribution >= 4 is 22.7 Å². The van der Waals surface area contributed by atoms with Gasteiger partial charge >= 0.3 is 0 Å². The number of aromatic nitrogens is 3. The standard InChI is InChI=1S/C24H23N3O3S/c1-3-29-18-10-12-19(13-11-18)30-15-16-31-24-26-21-9-5-4-8-20(21)23(28)27(24)22-17(2)7-6-14-25-22/h4-14H,3,15-16H2,1-2H3. The molecule has 0 aliphatic rings. The van der Waals surface area contributed by atoms with Crippen molar-refractivity contribution in [2.24, 2.45) is 0 Å². The highest BCUT2D eigenvalue weighted by atomic mass is 32.2. The van der Waals surface area contributed by atoms with Gasteiger partial charge in [0.05, 0.1) is 24.1 Å². The Morgan fingerprint density at radius 3 is 2.45 bits per heavy atom. The minimum absolute atomic E-state index is 0.123. The lowest BCUT2D eigenvalue weighted by atomic mass is 10.2. The van der Waals surface area contributed by atoms with Crippen molar-refractivity contribution in [3.8, 4) is 17.3 Å². The van der Waals surface area contributed by atoms with Gasteiger partial charge in [0.1, 0.15) is 17.3 Å². The molecular formula is C24H23N3O3S. The highest BCUT2D eigenvalue weighted by molar-refractivity contribution is 7.99. The minimum atomic E-state index is -0.123. The molecule has 7 heteroatoms. The first-order valence-electron chi connectivity index (χ1n) is 10.1. The summed E-state index contributed by atoms with van der Waals surface area (Å²) in [7, 11) is 0. The quantitative estimate of drug-likeness (QED) is 0.229. The summed E-state index contributed by atoms with van der Waals surface area (Å²) in [6, 6.07) is 18.7. The topological polar surface area (TPSA) is 66.2 Å². The van der Waals surface area contributed by atoms with Crippen LogP contribution in [0.3, 0.4) is 0 Å². The number of nitrogens with zero attached hydrogens (tertiary/aromatic N) is 3. The van der Waals surface area contributed by atoms with Crippen LogP contribution in [0, 0.1) is 6.92 Å². The predicted octanol–water partition coefficient (Wildman–Crippen LogP) is 4.66. The second-order valence-electron chi connectivity index (χ2n) is 6.80. The van der Waals surface area contributed by atoms with Gasteiger partial charge in [0, 0.05) is 11.9 Å². The third-order valence-electron chi connectivity index (χ3n) is 4.66. The zero-order valence-electron chi connectivity index (χ0n) is 17.4. The molecule has 0 spiro atoms. The monoisotopic (exact) mass is 433 g/mol. The van der Waals surface area contributed by atoms with Gasteiger partial charge in [0.2, 0.25) is 0 Å². The number of hydrogen-bond donors (Lipinski definition) is 0. The van der Waals surface area contributed by atoms with Gasteiger partial charge < -0.3 is 9.47 Å². The third kappa shape index (κ3) is 4.72. The molecule has 0 bridgehead atoms. The highest BCUT2D eigenvalue weighted by Crippen LogP contribution is 2.23. The Hall–Kier alpha value is -3.32. The van der Waals surface area contributed by atoms with Crippen molar-refractivity contribution in [2.75, 3.05) is 19.0 Å². The lowest BCUT2D eigenvalue weighted by molar-refractivity contribution is 0.332. The van der Waals surface area contributed by atoms with Crippen LogP contribution in [0.1, 0.15) is 12.5 Å². The number of pyridine rings is 1. The van der Waals surface area contributed by atoms with Crippen LogP contribution >= 0.6 is 11.8 Å². The number of fused-ring (bicyclic) bond motifs is 1. The first kappa shape index (κ1) is 20.9. The number of hydrogen-bond acceptors (Lipinski definition) is 6. The molecule has 0 saturated heterocycles. The van der Waals surface area contributed by atoms with Gasteiger partial charge in [0.25, 0.3) is 5.56 Å². The minimum Gasteiger partial charge on any atom is -0.494 e. The summed E-state index contributed by atoms with van der Waals surface area (Å²) in [5.74, 6) is 2.82. The van der Waals surface area contributed by atoms with E-state index in [2.05, 4.69) is 4.98 Å². The average molecular weight is 434 g/mol. The molecule has 2 heterocycles. The Labute approximate surface area is 184 Å². The van der Waals surface area contributed by atoms with Gasteiger partial charge in [-0.3, -0.25) is 4.79 Å². The summed E-state index contributed by atoms with van der Waals surface area (Å²) in [5.41, 5.74) is 1.46. The van der Waals surface area contributed by atoms with Crippen molar-refractivity contribution in [1.29, 1.82) is 0 Å². The molecule has 4 rings (SSSR count). The van der Waals surface area contributed by atoms with E-state index in [1.165, 1.54) is 11.8 Å². The second kappa shape index (κ2) is 9.66. The summed E-state index contributed by atoms with van der Waals surface area (Å²) < 4.78 is 12.9. The van der Waals surface area contributed by atoms with E-state index in [-0.39, 0.29) is 5.56 Å². The fourth-order valence-electron chi connectivity index (χ4n) is 3.20. The van der Waals surface area contributed by atoms with Crippen LogP contribution in [0.2, 0.25) is 0 Å². The van der Waals surface area contributed by atoms with Gasteiger partial charge in [-0.05, 0) is 61.9 Å². The lowest BCUT2D eigenvalue weighted by Crippen LogP contribution is -2.23. The molecule has 2 aromatic carbocycles. The van der Waals surface area contributed by atoms with E-state index in [0.717, 1.165) is 17.1 Å².